The van der Waals surface area contributed by atoms with E-state index in [1.807, 2.05) is 13.0 Å². The molecule has 132 valence electrons. The number of pyridine rings is 2. The van der Waals surface area contributed by atoms with E-state index in [1.165, 1.54) is 5.69 Å². The number of hydrogen-bond acceptors (Lipinski definition) is 6. The van der Waals surface area contributed by atoms with Gasteiger partial charge in [0.05, 0.1) is 24.4 Å². The van der Waals surface area contributed by atoms with Crippen molar-refractivity contribution in [1.82, 2.24) is 9.97 Å². The lowest BCUT2D eigenvalue weighted by molar-refractivity contribution is 0.112. The largest absolute Gasteiger partial charge is 0.378 e. The molecule has 0 unspecified atom stereocenters. The van der Waals surface area contributed by atoms with Crippen LogP contribution in [0.1, 0.15) is 16.1 Å². The van der Waals surface area contributed by atoms with Crippen LogP contribution in [-0.2, 0) is 4.74 Å². The molecule has 0 aliphatic carbocycles. The summed E-state index contributed by atoms with van der Waals surface area (Å²) in [5.41, 5.74) is 4.55. The molecule has 3 aromatic rings. The Bertz CT molecular complexity index is 934. The summed E-state index contributed by atoms with van der Waals surface area (Å²) in [7, 11) is 0. The van der Waals surface area contributed by atoms with E-state index in [2.05, 4.69) is 38.4 Å². The molecule has 2 aromatic heterocycles. The van der Waals surface area contributed by atoms with E-state index in [0.29, 0.717) is 11.4 Å². The fourth-order valence-electron chi connectivity index (χ4n) is 3.15. The summed E-state index contributed by atoms with van der Waals surface area (Å²) in [5.74, 6) is 0.694. The maximum atomic E-state index is 10.8. The molecule has 0 bridgehead atoms. The minimum Gasteiger partial charge on any atom is -0.378 e. The summed E-state index contributed by atoms with van der Waals surface area (Å²) in [6, 6.07) is 11.9. The Morgan fingerprint density at radius 3 is 2.73 bits per heavy atom. The molecule has 26 heavy (non-hydrogen) atoms. The molecule has 0 saturated carbocycles. The summed E-state index contributed by atoms with van der Waals surface area (Å²) in [5, 5.41) is 4.40. The first-order valence-electron chi connectivity index (χ1n) is 8.65. The molecule has 1 saturated heterocycles. The maximum absolute atomic E-state index is 10.8. The highest BCUT2D eigenvalue weighted by Gasteiger charge is 2.13. The number of morpholine rings is 1. The van der Waals surface area contributed by atoms with Gasteiger partial charge in [0.25, 0.3) is 0 Å². The zero-order valence-corrected chi connectivity index (χ0v) is 14.6. The number of rotatable bonds is 4. The fourth-order valence-corrected chi connectivity index (χ4v) is 3.15. The minimum atomic E-state index is 0.556. The van der Waals surface area contributed by atoms with Gasteiger partial charge in [0, 0.05) is 41.6 Å². The number of aromatic nitrogens is 2. The predicted octanol–water partition coefficient (Wildman–Crippen LogP) is 3.33. The molecule has 3 heterocycles. The van der Waals surface area contributed by atoms with Gasteiger partial charge in [-0.15, -0.1) is 0 Å². The van der Waals surface area contributed by atoms with Crippen LogP contribution in [0.3, 0.4) is 0 Å². The van der Waals surface area contributed by atoms with E-state index < -0.39 is 0 Å². The number of aryl methyl sites for hydroxylation is 1. The Balaban J connectivity index is 1.72. The number of nitrogens with zero attached hydrogens (tertiary/aromatic N) is 3. The van der Waals surface area contributed by atoms with Crippen molar-refractivity contribution in [2.24, 2.45) is 0 Å². The van der Waals surface area contributed by atoms with Crippen molar-refractivity contribution in [2.75, 3.05) is 36.5 Å². The number of benzene rings is 1. The van der Waals surface area contributed by atoms with E-state index in [0.717, 1.165) is 54.9 Å². The van der Waals surface area contributed by atoms with Crippen molar-refractivity contribution in [3.05, 3.63) is 53.9 Å². The van der Waals surface area contributed by atoms with Gasteiger partial charge in [-0.1, -0.05) is 0 Å². The molecule has 1 N–H and O–H groups in total. The highest BCUT2D eigenvalue weighted by molar-refractivity contribution is 5.95. The number of carbonyl (C=O) groups excluding carboxylic acids is 1. The maximum Gasteiger partial charge on any atom is 0.151 e. The van der Waals surface area contributed by atoms with Gasteiger partial charge >= 0.3 is 0 Å². The van der Waals surface area contributed by atoms with E-state index in [-0.39, 0.29) is 0 Å². The zero-order valence-electron chi connectivity index (χ0n) is 14.6. The second-order valence-electron chi connectivity index (χ2n) is 6.33. The fraction of sp³-hybridized carbons (Fsp3) is 0.250. The molecule has 1 fully saturated rings. The van der Waals surface area contributed by atoms with Gasteiger partial charge in [0.15, 0.2) is 6.29 Å². The van der Waals surface area contributed by atoms with Crippen LogP contribution in [0.25, 0.3) is 10.9 Å². The zero-order chi connectivity index (χ0) is 17.9. The van der Waals surface area contributed by atoms with Crippen LogP contribution in [0, 0.1) is 6.92 Å². The molecule has 4 rings (SSSR count). The molecular weight excluding hydrogens is 328 g/mol. The first-order valence-corrected chi connectivity index (χ1v) is 8.65. The minimum absolute atomic E-state index is 0.556. The molecule has 6 nitrogen and oxygen atoms in total. The molecule has 0 atom stereocenters. The lowest BCUT2D eigenvalue weighted by Crippen LogP contribution is -2.36. The number of fused-ring (bicyclic) bond motifs is 1. The standard InChI is InChI=1S/C20H20N4O2/c1-14-10-19(23-20-5-2-15(13-25)12-21-20)17-11-16(3-4-18(17)22-14)24-6-8-26-9-7-24/h2-5,10-13H,6-9H2,1H3,(H,21,22,23). The van der Waals surface area contributed by atoms with E-state index in [1.54, 1.807) is 18.3 Å². The molecule has 1 aliphatic rings. The van der Waals surface area contributed by atoms with Gasteiger partial charge in [-0.25, -0.2) is 4.98 Å². The predicted molar refractivity (Wildman–Crippen MR) is 102 cm³/mol. The SMILES string of the molecule is Cc1cc(Nc2ccc(C=O)cn2)c2cc(N3CCOCC3)ccc2n1. The van der Waals surface area contributed by atoms with Crippen LogP contribution in [0.4, 0.5) is 17.2 Å². The van der Waals surface area contributed by atoms with Gasteiger partial charge < -0.3 is 15.0 Å². The number of nitrogens with one attached hydrogen (secondary N) is 1. The average Bonchev–Trinajstić information content (AvgIpc) is 2.69. The topological polar surface area (TPSA) is 67.4 Å². The first-order chi connectivity index (χ1) is 12.7. The van der Waals surface area contributed by atoms with Crippen molar-refractivity contribution < 1.29 is 9.53 Å². The number of hydrogen-bond donors (Lipinski definition) is 1. The third-order valence-electron chi connectivity index (χ3n) is 4.48. The summed E-state index contributed by atoms with van der Waals surface area (Å²) in [6.45, 7) is 5.26. The highest BCUT2D eigenvalue weighted by atomic mass is 16.5. The summed E-state index contributed by atoms with van der Waals surface area (Å²) in [6.07, 6.45) is 2.35. The van der Waals surface area contributed by atoms with Crippen LogP contribution in [-0.4, -0.2) is 42.6 Å². The van der Waals surface area contributed by atoms with Crippen molar-refractivity contribution in [3.63, 3.8) is 0 Å². The van der Waals surface area contributed by atoms with Gasteiger partial charge in [-0.3, -0.25) is 9.78 Å². The summed E-state index contributed by atoms with van der Waals surface area (Å²) >= 11 is 0. The Hall–Kier alpha value is -2.99. The number of anilines is 3. The Kier molecular flexibility index (Phi) is 4.50. The lowest BCUT2D eigenvalue weighted by Gasteiger charge is -2.29. The van der Waals surface area contributed by atoms with Crippen LogP contribution >= 0.6 is 0 Å². The Labute approximate surface area is 151 Å². The van der Waals surface area contributed by atoms with E-state index in [4.69, 9.17) is 4.74 Å². The van der Waals surface area contributed by atoms with Crippen LogP contribution in [0.2, 0.25) is 0 Å². The molecule has 1 aromatic carbocycles. The average molecular weight is 348 g/mol. The quantitative estimate of drug-likeness (QED) is 0.730. The van der Waals surface area contributed by atoms with Crippen molar-refractivity contribution in [1.29, 1.82) is 0 Å². The number of carbonyl (C=O) groups is 1. The van der Waals surface area contributed by atoms with Crippen molar-refractivity contribution >= 4 is 34.4 Å². The van der Waals surface area contributed by atoms with E-state index in [9.17, 15) is 4.79 Å². The smallest absolute Gasteiger partial charge is 0.151 e. The number of ether oxygens (including phenoxy) is 1. The van der Waals surface area contributed by atoms with Crippen molar-refractivity contribution in [3.8, 4) is 0 Å². The first kappa shape index (κ1) is 16.5. The Morgan fingerprint density at radius 1 is 1.15 bits per heavy atom. The molecule has 0 radical (unpaired) electrons. The van der Waals surface area contributed by atoms with Crippen LogP contribution in [0.15, 0.2) is 42.6 Å². The highest BCUT2D eigenvalue weighted by Crippen LogP contribution is 2.30. The molecule has 0 spiro atoms. The molecular formula is C20H20N4O2. The van der Waals surface area contributed by atoms with Crippen LogP contribution in [0.5, 0.6) is 0 Å². The lowest BCUT2D eigenvalue weighted by atomic mass is 10.1. The van der Waals surface area contributed by atoms with Gasteiger partial charge in [-0.2, -0.15) is 0 Å². The van der Waals surface area contributed by atoms with Crippen molar-refractivity contribution in [2.45, 2.75) is 6.92 Å². The normalized spacial score (nSPS) is 14.4. The second kappa shape index (κ2) is 7.09. The van der Waals surface area contributed by atoms with Gasteiger partial charge in [0.2, 0.25) is 0 Å². The second-order valence-corrected chi connectivity index (χ2v) is 6.33. The van der Waals surface area contributed by atoms with Gasteiger partial charge in [0.1, 0.15) is 5.82 Å². The molecule has 6 heteroatoms. The van der Waals surface area contributed by atoms with Gasteiger partial charge in [-0.05, 0) is 43.3 Å². The third kappa shape index (κ3) is 3.36. The molecule has 1 aliphatic heterocycles. The monoisotopic (exact) mass is 348 g/mol. The summed E-state index contributed by atoms with van der Waals surface area (Å²) in [4.78, 5) is 22.1. The Morgan fingerprint density at radius 2 is 2.00 bits per heavy atom. The number of aldehydes is 1. The molecule has 0 amide bonds. The van der Waals surface area contributed by atoms with E-state index >= 15 is 0 Å². The third-order valence-corrected chi connectivity index (χ3v) is 4.48. The van der Waals surface area contributed by atoms with Crippen LogP contribution < -0.4 is 10.2 Å². The summed E-state index contributed by atoms with van der Waals surface area (Å²) < 4.78 is 5.45.